The summed E-state index contributed by atoms with van der Waals surface area (Å²) in [6.07, 6.45) is 7.96. The molecular formula is C54H39NO. The van der Waals surface area contributed by atoms with Crippen LogP contribution >= 0.6 is 0 Å². The minimum Gasteiger partial charge on any atom is -0.455 e. The van der Waals surface area contributed by atoms with E-state index in [-0.39, 0.29) is 0 Å². The second kappa shape index (κ2) is 14.6. The quantitative estimate of drug-likeness (QED) is 0.156. The molecule has 0 fully saturated rings. The molecule has 0 saturated heterocycles. The lowest BCUT2D eigenvalue weighted by Gasteiger charge is -2.29. The molecule has 10 rings (SSSR count). The molecule has 266 valence electrons. The highest BCUT2D eigenvalue weighted by Crippen LogP contribution is 2.41. The monoisotopic (exact) mass is 717 g/mol. The molecule has 2 nitrogen and oxygen atoms in total. The van der Waals surface area contributed by atoms with Gasteiger partial charge in [-0.25, -0.2) is 0 Å². The third-order valence-corrected chi connectivity index (χ3v) is 11.1. The Morgan fingerprint density at radius 3 is 1.32 bits per heavy atom. The van der Waals surface area contributed by atoms with Crippen molar-refractivity contribution < 1.29 is 4.42 Å². The summed E-state index contributed by atoms with van der Waals surface area (Å²) >= 11 is 0. The van der Waals surface area contributed by atoms with Gasteiger partial charge in [0.05, 0.1) is 0 Å². The second-order valence-electron chi connectivity index (χ2n) is 14.4. The number of fused-ring (bicyclic) bond motifs is 3. The van der Waals surface area contributed by atoms with Crippen LogP contribution in [0.25, 0.3) is 66.4 Å². The lowest BCUT2D eigenvalue weighted by atomic mass is 9.91. The smallest absolute Gasteiger partial charge is 0.143 e. The average molecular weight is 718 g/mol. The molecule has 0 aliphatic heterocycles. The van der Waals surface area contributed by atoms with Crippen molar-refractivity contribution >= 4 is 33.3 Å². The number of para-hydroxylation sites is 2. The molecule has 0 spiro atoms. The zero-order valence-electron chi connectivity index (χ0n) is 30.9. The number of hydrogen-bond acceptors (Lipinski definition) is 2. The van der Waals surface area contributed by atoms with E-state index in [4.69, 9.17) is 4.42 Å². The van der Waals surface area contributed by atoms with Crippen molar-refractivity contribution in [3.8, 4) is 44.5 Å². The molecule has 1 aliphatic carbocycles. The van der Waals surface area contributed by atoms with E-state index in [1.54, 1.807) is 0 Å². The van der Waals surface area contributed by atoms with Crippen LogP contribution in [-0.4, -0.2) is 0 Å². The van der Waals surface area contributed by atoms with Crippen LogP contribution in [0.4, 0.5) is 11.4 Å². The lowest BCUT2D eigenvalue weighted by Crippen LogP contribution is -2.17. The molecule has 9 aromatic rings. The minimum atomic E-state index is 0.373. The Morgan fingerprint density at radius 1 is 0.393 bits per heavy atom. The van der Waals surface area contributed by atoms with Gasteiger partial charge in [-0.05, 0) is 75.7 Å². The van der Waals surface area contributed by atoms with Gasteiger partial charge < -0.3 is 9.32 Å². The van der Waals surface area contributed by atoms with E-state index in [2.05, 4.69) is 217 Å². The van der Waals surface area contributed by atoms with Gasteiger partial charge in [-0.1, -0.05) is 188 Å². The van der Waals surface area contributed by atoms with E-state index in [0.717, 1.165) is 62.0 Å². The van der Waals surface area contributed by atoms with Gasteiger partial charge in [0, 0.05) is 44.9 Å². The standard InChI is InChI=1S/C54H39NO/c1-4-12-38(13-5-1)41-26-32-46(33-27-41)55(47-34-28-42(29-35-47)39-14-6-2-7-15-39)48-36-30-43(31-37-48)40-22-24-45(25-23-40)50-19-11-21-52-51-20-10-18-49(53(51)56-54(50)52)44-16-8-3-9-17-44/h1-28,30-37,42H,29H2. The van der Waals surface area contributed by atoms with Crippen LogP contribution in [0.2, 0.25) is 0 Å². The highest BCUT2D eigenvalue weighted by molar-refractivity contribution is 6.13. The molecule has 0 N–H and O–H groups in total. The highest BCUT2D eigenvalue weighted by Gasteiger charge is 2.19. The number of hydrogen-bond donors (Lipinski definition) is 0. The van der Waals surface area contributed by atoms with Crippen molar-refractivity contribution in [3.05, 3.63) is 230 Å². The number of rotatable bonds is 8. The molecule has 2 heteroatoms. The Labute approximate surface area is 327 Å². The maximum atomic E-state index is 6.70. The van der Waals surface area contributed by atoms with E-state index in [0.29, 0.717) is 5.92 Å². The number of benzene rings is 8. The van der Waals surface area contributed by atoms with Gasteiger partial charge in [-0.2, -0.15) is 0 Å². The molecule has 8 aromatic carbocycles. The third-order valence-electron chi connectivity index (χ3n) is 11.1. The first-order valence-electron chi connectivity index (χ1n) is 19.4. The van der Waals surface area contributed by atoms with E-state index in [1.807, 2.05) is 6.07 Å². The van der Waals surface area contributed by atoms with Crippen molar-refractivity contribution in [2.75, 3.05) is 4.90 Å². The maximum Gasteiger partial charge on any atom is 0.143 e. The van der Waals surface area contributed by atoms with Crippen molar-refractivity contribution in [1.82, 2.24) is 0 Å². The highest BCUT2D eigenvalue weighted by atomic mass is 16.3. The van der Waals surface area contributed by atoms with Crippen LogP contribution in [0.5, 0.6) is 0 Å². The predicted molar refractivity (Wildman–Crippen MR) is 235 cm³/mol. The van der Waals surface area contributed by atoms with Gasteiger partial charge in [0.15, 0.2) is 0 Å². The molecule has 1 aliphatic rings. The molecular weight excluding hydrogens is 679 g/mol. The van der Waals surface area contributed by atoms with Crippen molar-refractivity contribution in [2.24, 2.45) is 0 Å². The molecule has 0 saturated carbocycles. The van der Waals surface area contributed by atoms with Gasteiger partial charge >= 0.3 is 0 Å². The van der Waals surface area contributed by atoms with Crippen LogP contribution in [0.15, 0.2) is 229 Å². The normalized spacial score (nSPS) is 13.9. The lowest BCUT2D eigenvalue weighted by molar-refractivity contribution is 0.671. The van der Waals surface area contributed by atoms with Crippen molar-refractivity contribution in [3.63, 3.8) is 0 Å². The van der Waals surface area contributed by atoms with Gasteiger partial charge in [0.25, 0.3) is 0 Å². The van der Waals surface area contributed by atoms with Crippen molar-refractivity contribution in [1.29, 1.82) is 0 Å². The molecule has 56 heavy (non-hydrogen) atoms. The Balaban J connectivity index is 0.954. The number of allylic oxidation sites excluding steroid dienone is 3. The van der Waals surface area contributed by atoms with Gasteiger partial charge in [0.2, 0.25) is 0 Å². The van der Waals surface area contributed by atoms with Crippen LogP contribution in [-0.2, 0) is 0 Å². The van der Waals surface area contributed by atoms with E-state index in [1.165, 1.54) is 33.5 Å². The molecule has 0 bridgehead atoms. The zero-order valence-corrected chi connectivity index (χ0v) is 30.9. The SMILES string of the molecule is C1=CC(c2ccccc2)CC=C1N(c1ccc(-c2ccccc2)cc1)c1ccc(-c2ccc(-c3cccc4c3oc3c(-c5ccccc5)cccc34)cc2)cc1. The number of anilines is 2. The molecule has 1 aromatic heterocycles. The Hall–Kier alpha value is -7.16. The molecule has 0 radical (unpaired) electrons. The predicted octanol–water partition coefficient (Wildman–Crippen LogP) is 15.0. The second-order valence-corrected chi connectivity index (χ2v) is 14.4. The molecule has 0 amide bonds. The van der Waals surface area contributed by atoms with Gasteiger partial charge in [-0.15, -0.1) is 0 Å². The summed E-state index contributed by atoms with van der Waals surface area (Å²) in [5.74, 6) is 0.373. The summed E-state index contributed by atoms with van der Waals surface area (Å²) in [7, 11) is 0. The number of nitrogens with zero attached hydrogens (tertiary/aromatic N) is 1. The third kappa shape index (κ3) is 6.32. The first-order chi connectivity index (χ1) is 27.8. The Morgan fingerprint density at radius 2 is 0.821 bits per heavy atom. The van der Waals surface area contributed by atoms with Gasteiger partial charge in [0.1, 0.15) is 11.2 Å². The summed E-state index contributed by atoms with van der Waals surface area (Å²) in [6, 6.07) is 71.4. The number of furan rings is 1. The van der Waals surface area contributed by atoms with E-state index in [9.17, 15) is 0 Å². The summed E-state index contributed by atoms with van der Waals surface area (Å²) in [5, 5.41) is 2.27. The van der Waals surface area contributed by atoms with Crippen LogP contribution in [0.3, 0.4) is 0 Å². The fourth-order valence-electron chi connectivity index (χ4n) is 8.14. The maximum absolute atomic E-state index is 6.70. The summed E-state index contributed by atoms with van der Waals surface area (Å²) in [5.41, 5.74) is 15.9. The van der Waals surface area contributed by atoms with Gasteiger partial charge in [-0.3, -0.25) is 0 Å². The fraction of sp³-hybridized carbons (Fsp3) is 0.0370. The van der Waals surface area contributed by atoms with Crippen LogP contribution < -0.4 is 4.90 Å². The topological polar surface area (TPSA) is 16.4 Å². The molecule has 1 unspecified atom stereocenters. The Bertz CT molecular complexity index is 2830. The minimum absolute atomic E-state index is 0.373. The average Bonchev–Trinajstić information content (AvgIpc) is 3.68. The van der Waals surface area contributed by atoms with E-state index < -0.39 is 0 Å². The first kappa shape index (κ1) is 33.4. The van der Waals surface area contributed by atoms with Crippen LogP contribution in [0, 0.1) is 0 Å². The van der Waals surface area contributed by atoms with Crippen molar-refractivity contribution in [2.45, 2.75) is 12.3 Å². The zero-order chi connectivity index (χ0) is 37.3. The molecule has 1 atom stereocenters. The summed E-state index contributed by atoms with van der Waals surface area (Å²) < 4.78 is 6.70. The summed E-state index contributed by atoms with van der Waals surface area (Å²) in [4.78, 5) is 2.37. The Kier molecular flexibility index (Phi) is 8.70. The first-order valence-corrected chi connectivity index (χ1v) is 19.4. The largest absolute Gasteiger partial charge is 0.455 e. The molecule has 1 heterocycles. The van der Waals surface area contributed by atoms with Crippen LogP contribution in [0.1, 0.15) is 17.9 Å². The van der Waals surface area contributed by atoms with E-state index >= 15 is 0 Å². The fourth-order valence-corrected chi connectivity index (χ4v) is 8.14. The summed E-state index contributed by atoms with van der Waals surface area (Å²) in [6.45, 7) is 0.